The van der Waals surface area contributed by atoms with E-state index in [1.54, 1.807) is 0 Å². The molecule has 1 aromatic carbocycles. The van der Waals surface area contributed by atoms with Gasteiger partial charge in [-0.05, 0) is 25.8 Å². The van der Waals surface area contributed by atoms with Gasteiger partial charge in [0.15, 0.2) is 5.13 Å². The minimum Gasteiger partial charge on any atom is -0.376 e. The van der Waals surface area contributed by atoms with E-state index < -0.39 is 16.7 Å². The number of halogens is 1. The first-order valence-electron chi connectivity index (χ1n) is 8.90. The van der Waals surface area contributed by atoms with Gasteiger partial charge < -0.3 is 15.0 Å². The van der Waals surface area contributed by atoms with Crippen molar-refractivity contribution in [3.8, 4) is 0 Å². The van der Waals surface area contributed by atoms with Crippen LogP contribution >= 0.6 is 22.9 Å². The van der Waals surface area contributed by atoms with Crippen molar-refractivity contribution in [3.05, 3.63) is 50.0 Å². The number of nitrogens with zero attached hydrogens (tertiary/aromatic N) is 3. The van der Waals surface area contributed by atoms with Gasteiger partial charge in [-0.25, -0.2) is 4.98 Å². The number of ether oxygens (including phenoxy) is 1. The summed E-state index contributed by atoms with van der Waals surface area (Å²) in [5.74, 6) is -0.894. The zero-order valence-electron chi connectivity index (χ0n) is 15.6. The number of aromatic nitrogens is 1. The summed E-state index contributed by atoms with van der Waals surface area (Å²) in [6.07, 6.45) is 1.49. The molecule has 2 amide bonds. The van der Waals surface area contributed by atoms with Crippen molar-refractivity contribution in [1.82, 2.24) is 9.88 Å². The SMILES string of the molecule is Cc1csc(NC(=O)CN(CC2CCCO2)C(=O)c2ccc([N+](=O)[O-])cc2Cl)n1. The van der Waals surface area contributed by atoms with Crippen LogP contribution in [-0.4, -0.2) is 52.4 Å². The lowest BCUT2D eigenvalue weighted by molar-refractivity contribution is -0.384. The van der Waals surface area contributed by atoms with Crippen LogP contribution in [-0.2, 0) is 9.53 Å². The van der Waals surface area contributed by atoms with Gasteiger partial charge in [-0.1, -0.05) is 11.6 Å². The molecule has 1 fully saturated rings. The van der Waals surface area contributed by atoms with E-state index in [4.69, 9.17) is 16.3 Å². The van der Waals surface area contributed by atoms with Gasteiger partial charge in [0.1, 0.15) is 6.54 Å². The average molecular weight is 439 g/mol. The van der Waals surface area contributed by atoms with Crippen LogP contribution in [0.4, 0.5) is 10.8 Å². The fourth-order valence-electron chi connectivity index (χ4n) is 2.96. The van der Waals surface area contributed by atoms with Crippen LogP contribution in [0, 0.1) is 17.0 Å². The second-order valence-corrected chi connectivity index (χ2v) is 7.85. The Kier molecular flexibility index (Phi) is 6.78. The Bertz CT molecular complexity index is 929. The Labute approximate surface area is 175 Å². The highest BCUT2D eigenvalue weighted by Crippen LogP contribution is 2.25. The average Bonchev–Trinajstić information content (AvgIpc) is 3.32. The summed E-state index contributed by atoms with van der Waals surface area (Å²) in [6.45, 7) is 2.42. The number of anilines is 1. The number of carbonyl (C=O) groups excluding carboxylic acids is 2. The molecular formula is C18H19ClN4O5S. The molecule has 1 N–H and O–H groups in total. The molecule has 154 valence electrons. The molecule has 1 aliphatic heterocycles. The van der Waals surface area contributed by atoms with Crippen molar-refractivity contribution in [2.75, 3.05) is 25.0 Å². The van der Waals surface area contributed by atoms with Gasteiger partial charge in [-0.3, -0.25) is 19.7 Å². The van der Waals surface area contributed by atoms with Crippen LogP contribution < -0.4 is 5.32 Å². The van der Waals surface area contributed by atoms with E-state index in [1.807, 2.05) is 12.3 Å². The summed E-state index contributed by atoms with van der Waals surface area (Å²) in [7, 11) is 0. The van der Waals surface area contributed by atoms with Gasteiger partial charge in [0, 0.05) is 30.7 Å². The van der Waals surface area contributed by atoms with Crippen LogP contribution in [0.2, 0.25) is 5.02 Å². The molecule has 11 heteroatoms. The largest absolute Gasteiger partial charge is 0.376 e. The summed E-state index contributed by atoms with van der Waals surface area (Å²) < 4.78 is 5.60. The molecule has 1 saturated heterocycles. The zero-order valence-corrected chi connectivity index (χ0v) is 17.2. The molecule has 0 aliphatic carbocycles. The van der Waals surface area contributed by atoms with Gasteiger partial charge in [0.2, 0.25) is 5.91 Å². The van der Waals surface area contributed by atoms with E-state index in [1.165, 1.54) is 28.4 Å². The standard InChI is InChI=1S/C18H19ClN4O5S/c1-11-10-29-18(20-11)21-16(24)9-22(8-13-3-2-6-28-13)17(25)14-5-4-12(23(26)27)7-15(14)19/h4-5,7,10,13H,2-3,6,8-9H2,1H3,(H,20,21,24). The summed E-state index contributed by atoms with van der Waals surface area (Å²) in [5, 5.41) is 15.8. The first-order chi connectivity index (χ1) is 13.8. The number of thiazole rings is 1. The number of aryl methyl sites for hydroxylation is 1. The molecule has 1 aromatic heterocycles. The maximum atomic E-state index is 13.0. The van der Waals surface area contributed by atoms with Crippen molar-refractivity contribution in [3.63, 3.8) is 0 Å². The molecule has 29 heavy (non-hydrogen) atoms. The number of rotatable bonds is 7. The number of hydrogen-bond donors (Lipinski definition) is 1. The van der Waals surface area contributed by atoms with Crippen LogP contribution in [0.1, 0.15) is 28.9 Å². The van der Waals surface area contributed by atoms with E-state index in [2.05, 4.69) is 10.3 Å². The van der Waals surface area contributed by atoms with Gasteiger partial charge in [-0.2, -0.15) is 0 Å². The van der Waals surface area contributed by atoms with Crippen molar-refractivity contribution < 1.29 is 19.2 Å². The van der Waals surface area contributed by atoms with E-state index in [9.17, 15) is 19.7 Å². The monoisotopic (exact) mass is 438 g/mol. The Morgan fingerprint density at radius 3 is 2.86 bits per heavy atom. The minimum absolute atomic E-state index is 0.0440. The lowest BCUT2D eigenvalue weighted by Crippen LogP contribution is -2.42. The van der Waals surface area contributed by atoms with E-state index in [0.717, 1.165) is 24.6 Å². The predicted molar refractivity (Wildman–Crippen MR) is 108 cm³/mol. The number of non-ortho nitro benzene ring substituents is 1. The van der Waals surface area contributed by atoms with Crippen molar-refractivity contribution in [2.24, 2.45) is 0 Å². The molecule has 3 rings (SSSR count). The molecule has 2 aromatic rings. The molecule has 0 radical (unpaired) electrons. The lowest BCUT2D eigenvalue weighted by atomic mass is 10.1. The third-order valence-electron chi connectivity index (χ3n) is 4.33. The summed E-state index contributed by atoms with van der Waals surface area (Å²) >= 11 is 7.40. The molecule has 2 heterocycles. The second-order valence-electron chi connectivity index (χ2n) is 6.58. The molecule has 1 aliphatic rings. The molecule has 1 atom stereocenters. The maximum Gasteiger partial charge on any atom is 0.270 e. The maximum absolute atomic E-state index is 13.0. The number of amides is 2. The minimum atomic E-state index is -0.590. The third-order valence-corrected chi connectivity index (χ3v) is 5.52. The number of hydrogen-bond acceptors (Lipinski definition) is 7. The van der Waals surface area contributed by atoms with Crippen molar-refractivity contribution in [1.29, 1.82) is 0 Å². The van der Waals surface area contributed by atoms with Gasteiger partial charge in [-0.15, -0.1) is 11.3 Å². The first kappa shape index (κ1) is 21.2. The van der Waals surface area contributed by atoms with Gasteiger partial charge in [0.05, 0.1) is 27.3 Å². The Morgan fingerprint density at radius 2 is 2.28 bits per heavy atom. The number of nitro groups is 1. The van der Waals surface area contributed by atoms with Gasteiger partial charge in [0.25, 0.3) is 11.6 Å². The normalized spacial score (nSPS) is 15.9. The summed E-state index contributed by atoms with van der Waals surface area (Å²) in [4.78, 5) is 41.3. The van der Waals surface area contributed by atoms with Crippen molar-refractivity contribution in [2.45, 2.75) is 25.9 Å². The molecule has 9 nitrogen and oxygen atoms in total. The van der Waals surface area contributed by atoms with Crippen LogP contribution in [0.15, 0.2) is 23.6 Å². The van der Waals surface area contributed by atoms with Crippen LogP contribution in [0.25, 0.3) is 0 Å². The number of benzene rings is 1. The van der Waals surface area contributed by atoms with Crippen LogP contribution in [0.3, 0.4) is 0 Å². The second kappa shape index (κ2) is 9.29. The molecule has 1 unspecified atom stereocenters. The quantitative estimate of drug-likeness (QED) is 0.524. The molecule has 0 spiro atoms. The van der Waals surface area contributed by atoms with Crippen molar-refractivity contribution >= 4 is 45.6 Å². The lowest BCUT2D eigenvalue weighted by Gasteiger charge is -2.25. The molecule has 0 saturated carbocycles. The highest BCUT2D eigenvalue weighted by molar-refractivity contribution is 7.13. The number of nitrogens with one attached hydrogen (secondary N) is 1. The zero-order chi connectivity index (χ0) is 21.0. The smallest absolute Gasteiger partial charge is 0.270 e. The Morgan fingerprint density at radius 1 is 1.48 bits per heavy atom. The fourth-order valence-corrected chi connectivity index (χ4v) is 3.92. The number of nitro benzene ring substituents is 1. The molecular weight excluding hydrogens is 420 g/mol. The van der Waals surface area contributed by atoms with Crippen LogP contribution in [0.5, 0.6) is 0 Å². The Balaban J connectivity index is 1.77. The highest BCUT2D eigenvalue weighted by atomic mass is 35.5. The number of carbonyl (C=O) groups is 2. The molecule has 0 bridgehead atoms. The third kappa shape index (κ3) is 5.49. The van der Waals surface area contributed by atoms with Gasteiger partial charge >= 0.3 is 0 Å². The van der Waals surface area contributed by atoms with E-state index >= 15 is 0 Å². The van der Waals surface area contributed by atoms with E-state index in [-0.39, 0.29) is 35.5 Å². The van der Waals surface area contributed by atoms with E-state index in [0.29, 0.717) is 11.7 Å². The Hall–Kier alpha value is -2.56. The topological polar surface area (TPSA) is 115 Å². The predicted octanol–water partition coefficient (Wildman–Crippen LogP) is 3.27. The fraction of sp³-hybridized carbons (Fsp3) is 0.389. The highest BCUT2D eigenvalue weighted by Gasteiger charge is 2.27. The summed E-state index contributed by atoms with van der Waals surface area (Å²) in [6, 6.07) is 3.63. The summed E-state index contributed by atoms with van der Waals surface area (Å²) in [5.41, 5.74) is 0.664. The first-order valence-corrected chi connectivity index (χ1v) is 10.2.